The Morgan fingerprint density at radius 3 is 2.96 bits per heavy atom. The molecule has 8 nitrogen and oxygen atoms in total. The average molecular weight is 349 g/mol. The minimum atomic E-state index is -1.22. The number of hydrogen-bond acceptors (Lipinski definition) is 8. The molecule has 0 fully saturated rings. The highest BCUT2D eigenvalue weighted by molar-refractivity contribution is 7.13. The van der Waals surface area contributed by atoms with E-state index in [-0.39, 0.29) is 23.7 Å². The molecule has 9 heteroatoms. The summed E-state index contributed by atoms with van der Waals surface area (Å²) in [4.78, 5) is 26.5. The number of esters is 1. The first-order valence-electron chi connectivity index (χ1n) is 6.95. The maximum absolute atomic E-state index is 11.4. The van der Waals surface area contributed by atoms with Crippen LogP contribution in [-0.4, -0.2) is 40.0 Å². The number of nitrogens with one attached hydrogen (secondary N) is 1. The monoisotopic (exact) mass is 349 g/mol. The van der Waals surface area contributed by atoms with E-state index >= 15 is 0 Å². The number of aromatic hydroxyl groups is 1. The summed E-state index contributed by atoms with van der Waals surface area (Å²) in [6.07, 6.45) is 1.49. The SMILES string of the molecule is CCOC(=O)Cc1csc(NN=Cc2ccc(O)c(C(=O)O)c2)n1. The van der Waals surface area contributed by atoms with Gasteiger partial charge in [0.05, 0.1) is 24.9 Å². The van der Waals surface area contributed by atoms with E-state index in [0.29, 0.717) is 23.0 Å². The van der Waals surface area contributed by atoms with E-state index in [0.717, 1.165) is 0 Å². The van der Waals surface area contributed by atoms with Crippen LogP contribution in [-0.2, 0) is 16.0 Å². The van der Waals surface area contributed by atoms with Gasteiger partial charge in [0.2, 0.25) is 5.13 Å². The summed E-state index contributed by atoms with van der Waals surface area (Å²) in [5.74, 6) is -1.88. The first kappa shape index (κ1) is 17.4. The molecule has 0 spiro atoms. The number of benzene rings is 1. The van der Waals surface area contributed by atoms with E-state index in [1.807, 2.05) is 0 Å². The summed E-state index contributed by atoms with van der Waals surface area (Å²) in [6.45, 7) is 2.06. The zero-order chi connectivity index (χ0) is 17.5. The lowest BCUT2D eigenvalue weighted by Crippen LogP contribution is -2.07. The third-order valence-electron chi connectivity index (χ3n) is 2.81. The zero-order valence-corrected chi connectivity index (χ0v) is 13.5. The number of phenols is 1. The van der Waals surface area contributed by atoms with Gasteiger partial charge in [0.15, 0.2) is 0 Å². The summed E-state index contributed by atoms with van der Waals surface area (Å²) in [5.41, 5.74) is 3.57. The molecule has 2 aromatic rings. The van der Waals surface area contributed by atoms with Gasteiger partial charge in [-0.2, -0.15) is 5.10 Å². The van der Waals surface area contributed by atoms with Crippen molar-refractivity contribution in [2.75, 3.05) is 12.0 Å². The van der Waals surface area contributed by atoms with Gasteiger partial charge in [0, 0.05) is 5.38 Å². The van der Waals surface area contributed by atoms with E-state index in [1.54, 1.807) is 12.3 Å². The summed E-state index contributed by atoms with van der Waals surface area (Å²) >= 11 is 1.28. The number of ether oxygens (including phenoxy) is 1. The Bertz CT molecular complexity index is 772. The molecule has 3 N–H and O–H groups in total. The lowest BCUT2D eigenvalue weighted by Gasteiger charge is -2.00. The summed E-state index contributed by atoms with van der Waals surface area (Å²) in [6, 6.07) is 4.11. The van der Waals surface area contributed by atoms with Gasteiger partial charge < -0.3 is 14.9 Å². The number of rotatable bonds is 7. The first-order chi connectivity index (χ1) is 11.5. The number of carboxylic acids is 1. The summed E-state index contributed by atoms with van der Waals surface area (Å²) in [5, 5.41) is 24.5. The van der Waals surface area contributed by atoms with Crippen molar-refractivity contribution in [2.24, 2.45) is 5.10 Å². The highest BCUT2D eigenvalue weighted by Crippen LogP contribution is 2.18. The van der Waals surface area contributed by atoms with Crippen molar-refractivity contribution in [2.45, 2.75) is 13.3 Å². The van der Waals surface area contributed by atoms with Gasteiger partial charge in [0.25, 0.3) is 0 Å². The Morgan fingerprint density at radius 2 is 2.25 bits per heavy atom. The predicted octanol–water partition coefficient (Wildman–Crippen LogP) is 2.10. The standard InChI is InChI=1S/C15H15N3O5S/c1-2-23-13(20)6-10-8-24-15(17-10)18-16-7-9-3-4-12(19)11(5-9)14(21)22/h3-5,7-8,19H,2,6H2,1H3,(H,17,18)(H,21,22). The Hall–Kier alpha value is -2.94. The molecule has 24 heavy (non-hydrogen) atoms. The molecular weight excluding hydrogens is 334 g/mol. The van der Waals surface area contributed by atoms with Crippen LogP contribution in [0.4, 0.5) is 5.13 Å². The fourth-order valence-electron chi connectivity index (χ4n) is 1.77. The van der Waals surface area contributed by atoms with Crippen molar-refractivity contribution in [3.63, 3.8) is 0 Å². The molecule has 1 heterocycles. The fraction of sp³-hybridized carbons (Fsp3) is 0.200. The second-order valence-electron chi connectivity index (χ2n) is 4.58. The summed E-state index contributed by atoms with van der Waals surface area (Å²) < 4.78 is 4.84. The number of anilines is 1. The van der Waals surface area contributed by atoms with Crippen LogP contribution in [0.25, 0.3) is 0 Å². The highest BCUT2D eigenvalue weighted by Gasteiger charge is 2.10. The van der Waals surface area contributed by atoms with Gasteiger partial charge in [-0.05, 0) is 30.7 Å². The van der Waals surface area contributed by atoms with Crippen molar-refractivity contribution in [1.82, 2.24) is 4.98 Å². The van der Waals surface area contributed by atoms with Crippen molar-refractivity contribution in [3.8, 4) is 5.75 Å². The Labute approximate surface area is 141 Å². The number of hydrazone groups is 1. The van der Waals surface area contributed by atoms with E-state index in [9.17, 15) is 14.7 Å². The van der Waals surface area contributed by atoms with Crippen LogP contribution in [0.3, 0.4) is 0 Å². The predicted molar refractivity (Wildman–Crippen MR) is 88.7 cm³/mol. The van der Waals surface area contributed by atoms with E-state index < -0.39 is 5.97 Å². The number of thiazole rings is 1. The van der Waals surface area contributed by atoms with Crippen LogP contribution in [0.15, 0.2) is 28.7 Å². The number of carbonyl (C=O) groups excluding carboxylic acids is 1. The van der Waals surface area contributed by atoms with Crippen LogP contribution < -0.4 is 5.43 Å². The molecule has 0 saturated heterocycles. The number of carbonyl (C=O) groups is 2. The van der Waals surface area contributed by atoms with Gasteiger partial charge in [-0.15, -0.1) is 11.3 Å². The Kier molecular flexibility index (Phi) is 5.85. The molecule has 0 radical (unpaired) electrons. The van der Waals surface area contributed by atoms with E-state index in [4.69, 9.17) is 9.84 Å². The number of nitrogens with zero attached hydrogens (tertiary/aromatic N) is 2. The Morgan fingerprint density at radius 1 is 1.46 bits per heavy atom. The van der Waals surface area contributed by atoms with E-state index in [2.05, 4.69) is 15.5 Å². The van der Waals surface area contributed by atoms with Gasteiger partial charge in [-0.3, -0.25) is 10.2 Å². The maximum Gasteiger partial charge on any atom is 0.339 e. The fourth-order valence-corrected chi connectivity index (χ4v) is 2.43. The highest BCUT2D eigenvalue weighted by atomic mass is 32.1. The van der Waals surface area contributed by atoms with Crippen molar-refractivity contribution in [1.29, 1.82) is 0 Å². The third-order valence-corrected chi connectivity index (χ3v) is 3.60. The van der Waals surface area contributed by atoms with Crippen LogP contribution in [0, 0.1) is 0 Å². The molecule has 0 atom stereocenters. The van der Waals surface area contributed by atoms with Crippen molar-refractivity contribution in [3.05, 3.63) is 40.4 Å². The van der Waals surface area contributed by atoms with Crippen LogP contribution in [0.1, 0.15) is 28.5 Å². The quantitative estimate of drug-likeness (QED) is 0.397. The minimum absolute atomic E-state index is 0.0929. The van der Waals surface area contributed by atoms with Crippen molar-refractivity contribution >= 4 is 34.6 Å². The lowest BCUT2D eigenvalue weighted by molar-refractivity contribution is -0.142. The second kappa shape index (κ2) is 8.06. The number of aromatic nitrogens is 1. The molecular formula is C15H15N3O5S. The molecule has 1 aromatic carbocycles. The number of carboxylic acid groups (broad SMARTS) is 1. The third kappa shape index (κ3) is 4.78. The largest absolute Gasteiger partial charge is 0.507 e. The van der Waals surface area contributed by atoms with Crippen LogP contribution in [0.2, 0.25) is 0 Å². The molecule has 2 rings (SSSR count). The topological polar surface area (TPSA) is 121 Å². The number of aromatic carboxylic acids is 1. The van der Waals surface area contributed by atoms with Crippen molar-refractivity contribution < 1.29 is 24.5 Å². The van der Waals surface area contributed by atoms with Crippen LogP contribution in [0.5, 0.6) is 5.75 Å². The van der Waals surface area contributed by atoms with E-state index in [1.165, 1.54) is 35.8 Å². The van der Waals surface area contributed by atoms with Gasteiger partial charge in [-0.1, -0.05) is 0 Å². The Balaban J connectivity index is 1.97. The second-order valence-corrected chi connectivity index (χ2v) is 5.44. The van der Waals surface area contributed by atoms with Gasteiger partial charge in [0.1, 0.15) is 11.3 Å². The molecule has 0 amide bonds. The molecule has 126 valence electrons. The normalized spacial score (nSPS) is 10.7. The molecule has 0 bridgehead atoms. The minimum Gasteiger partial charge on any atom is -0.507 e. The number of hydrogen-bond donors (Lipinski definition) is 3. The molecule has 0 saturated carbocycles. The molecule has 0 aliphatic heterocycles. The molecule has 1 aromatic heterocycles. The van der Waals surface area contributed by atoms with Crippen LogP contribution >= 0.6 is 11.3 Å². The molecule has 0 aliphatic rings. The molecule has 0 unspecified atom stereocenters. The molecule has 0 aliphatic carbocycles. The maximum atomic E-state index is 11.4. The summed E-state index contributed by atoms with van der Waals surface area (Å²) in [7, 11) is 0. The average Bonchev–Trinajstić information content (AvgIpc) is 2.96. The lowest BCUT2D eigenvalue weighted by atomic mass is 10.1. The zero-order valence-electron chi connectivity index (χ0n) is 12.7. The first-order valence-corrected chi connectivity index (χ1v) is 7.83. The smallest absolute Gasteiger partial charge is 0.339 e. The van der Waals surface area contributed by atoms with Gasteiger partial charge in [-0.25, -0.2) is 9.78 Å². The van der Waals surface area contributed by atoms with Gasteiger partial charge >= 0.3 is 11.9 Å².